The summed E-state index contributed by atoms with van der Waals surface area (Å²) in [6.07, 6.45) is -10.3. The molecule has 328 valence electrons. The van der Waals surface area contributed by atoms with Crippen LogP contribution in [0.1, 0.15) is 91.4 Å². The van der Waals surface area contributed by atoms with Gasteiger partial charge in [-0.3, -0.25) is 14.4 Å². The molecule has 0 radical (unpaired) electrons. The molecule has 0 bridgehead atoms. The summed E-state index contributed by atoms with van der Waals surface area (Å²) in [4.78, 5) is 50.8. The summed E-state index contributed by atoms with van der Waals surface area (Å²) in [7, 11) is 0. The first kappa shape index (κ1) is 47.1. The highest BCUT2D eigenvalue weighted by atomic mass is 16.7. The molecule has 0 spiro atoms. The number of carboxylic acid groups (broad SMARTS) is 1. The summed E-state index contributed by atoms with van der Waals surface area (Å²) >= 11 is 0. The standard InChI is InChI=1S/C38H65N3O16/c1-4-22-16-23(35(50)40-13-12-39-27(45)11-8-14-42)17-24(33(22)57-38-32(49)31(48)29(46)19(2)53-38)55-37-28(41-20(3)44)34(30(47)26(18-43)56-37)54-25(36(51)52)15-21-9-6-5-7-10-21/h19,21-26,28-34,37-38,42-43,46-49H,4-18H2,1-3H3,(H,39,45)(H,40,50)(H,41,44)(H,51,52)/t19?,22?,23?,24-,25+,26?,28?,29-,30+,31?,32?,33?,34?,37-,38+/m1/s1. The predicted octanol–water partition coefficient (Wildman–Crippen LogP) is -1.58. The van der Waals surface area contributed by atoms with Crippen molar-refractivity contribution in [2.45, 2.75) is 171 Å². The molecule has 2 aliphatic carbocycles. The maximum Gasteiger partial charge on any atom is 0.332 e. The zero-order chi connectivity index (χ0) is 41.8. The number of ether oxygens (including phenoxy) is 5. The molecule has 57 heavy (non-hydrogen) atoms. The van der Waals surface area contributed by atoms with Gasteiger partial charge in [0.15, 0.2) is 18.7 Å². The lowest BCUT2D eigenvalue weighted by Gasteiger charge is -2.49. The molecule has 15 atom stereocenters. The Morgan fingerprint density at radius 1 is 0.842 bits per heavy atom. The third-order valence-corrected chi connectivity index (χ3v) is 11.6. The van der Waals surface area contributed by atoms with Gasteiger partial charge >= 0.3 is 5.97 Å². The van der Waals surface area contributed by atoms with Gasteiger partial charge in [-0.25, -0.2) is 4.79 Å². The molecule has 0 aromatic carbocycles. The second-order valence-corrected chi connectivity index (χ2v) is 15.9. The van der Waals surface area contributed by atoms with Crippen LogP contribution in [-0.4, -0.2) is 165 Å². The van der Waals surface area contributed by atoms with Gasteiger partial charge in [-0.05, 0) is 44.4 Å². The van der Waals surface area contributed by atoms with Crippen molar-refractivity contribution in [3.05, 3.63) is 0 Å². The van der Waals surface area contributed by atoms with Crippen LogP contribution in [0, 0.1) is 17.8 Å². The van der Waals surface area contributed by atoms with Crippen LogP contribution in [0.4, 0.5) is 0 Å². The number of hydrogen-bond donors (Lipinski definition) is 10. The van der Waals surface area contributed by atoms with Gasteiger partial charge in [0.2, 0.25) is 17.7 Å². The van der Waals surface area contributed by atoms with E-state index in [2.05, 4.69) is 16.0 Å². The molecular weight excluding hydrogens is 754 g/mol. The number of aliphatic hydroxyl groups excluding tert-OH is 6. The van der Waals surface area contributed by atoms with Gasteiger partial charge in [-0.15, -0.1) is 0 Å². The van der Waals surface area contributed by atoms with Gasteiger partial charge in [0.05, 0.1) is 24.9 Å². The van der Waals surface area contributed by atoms with Crippen molar-refractivity contribution in [2.24, 2.45) is 17.8 Å². The minimum absolute atomic E-state index is 0.0106. The van der Waals surface area contributed by atoms with Gasteiger partial charge in [0.25, 0.3) is 0 Å². The molecule has 19 nitrogen and oxygen atoms in total. The van der Waals surface area contributed by atoms with E-state index in [-0.39, 0.29) is 63.1 Å². The van der Waals surface area contributed by atoms with Crippen molar-refractivity contribution >= 4 is 23.7 Å². The molecule has 19 heteroatoms. The molecule has 2 saturated carbocycles. The first-order valence-corrected chi connectivity index (χ1v) is 20.4. The second-order valence-electron chi connectivity index (χ2n) is 15.9. The van der Waals surface area contributed by atoms with E-state index in [9.17, 15) is 49.8 Å². The minimum atomic E-state index is -1.66. The van der Waals surface area contributed by atoms with Crippen molar-refractivity contribution in [1.82, 2.24) is 16.0 Å². The van der Waals surface area contributed by atoms with Crippen LogP contribution in [0.2, 0.25) is 0 Å². The Bertz CT molecular complexity index is 1290. The third kappa shape index (κ3) is 13.0. The van der Waals surface area contributed by atoms with E-state index in [0.29, 0.717) is 12.8 Å². The summed E-state index contributed by atoms with van der Waals surface area (Å²) in [5.74, 6) is -3.50. The van der Waals surface area contributed by atoms with E-state index in [1.54, 1.807) is 0 Å². The smallest absolute Gasteiger partial charge is 0.332 e. The molecule has 3 amide bonds. The largest absolute Gasteiger partial charge is 0.479 e. The van der Waals surface area contributed by atoms with E-state index in [1.807, 2.05) is 6.92 Å². The topological polar surface area (TPSA) is 292 Å². The molecule has 4 fully saturated rings. The van der Waals surface area contributed by atoms with Crippen molar-refractivity contribution in [3.8, 4) is 0 Å². The maximum atomic E-state index is 13.6. The fraction of sp³-hybridized carbons (Fsp3) is 0.895. The van der Waals surface area contributed by atoms with Gasteiger partial charge < -0.3 is 75.4 Å². The predicted molar refractivity (Wildman–Crippen MR) is 198 cm³/mol. The summed E-state index contributed by atoms with van der Waals surface area (Å²) in [6.45, 7) is 3.99. The molecule has 0 aromatic heterocycles. The van der Waals surface area contributed by atoms with Crippen molar-refractivity contribution in [1.29, 1.82) is 0 Å². The lowest BCUT2D eigenvalue weighted by Crippen LogP contribution is -2.67. The highest BCUT2D eigenvalue weighted by Crippen LogP contribution is 2.40. The molecule has 9 unspecified atom stereocenters. The van der Waals surface area contributed by atoms with E-state index in [4.69, 9.17) is 28.8 Å². The molecule has 2 heterocycles. The number of hydrogen-bond acceptors (Lipinski definition) is 15. The molecular formula is C38H65N3O16. The number of aliphatic carboxylic acids is 1. The van der Waals surface area contributed by atoms with Crippen molar-refractivity contribution in [3.63, 3.8) is 0 Å². The van der Waals surface area contributed by atoms with E-state index in [0.717, 1.165) is 32.1 Å². The Hall–Kier alpha value is -2.56. The number of carbonyl (C=O) groups excluding carboxylic acids is 3. The van der Waals surface area contributed by atoms with Gasteiger partial charge in [-0.2, -0.15) is 0 Å². The molecule has 4 rings (SSSR count). The Kier molecular flexibility index (Phi) is 18.8. The highest BCUT2D eigenvalue weighted by molar-refractivity contribution is 5.79. The zero-order valence-electron chi connectivity index (χ0n) is 33.1. The number of rotatable bonds is 19. The summed E-state index contributed by atoms with van der Waals surface area (Å²) in [5, 5.41) is 80.9. The van der Waals surface area contributed by atoms with Crippen LogP contribution < -0.4 is 16.0 Å². The number of nitrogens with one attached hydrogen (secondary N) is 3. The Morgan fingerprint density at radius 3 is 2.18 bits per heavy atom. The van der Waals surface area contributed by atoms with Crippen LogP contribution >= 0.6 is 0 Å². The highest BCUT2D eigenvalue weighted by Gasteiger charge is 2.53. The summed E-state index contributed by atoms with van der Waals surface area (Å²) < 4.78 is 30.9. The molecule has 2 aliphatic heterocycles. The van der Waals surface area contributed by atoms with Gasteiger partial charge in [0, 0.05) is 39.0 Å². The lowest BCUT2D eigenvalue weighted by atomic mass is 9.75. The number of carboxylic acids is 1. The van der Waals surface area contributed by atoms with Crippen LogP contribution in [-0.2, 0) is 42.9 Å². The summed E-state index contributed by atoms with van der Waals surface area (Å²) in [5.41, 5.74) is 0. The second kappa shape index (κ2) is 22.7. The van der Waals surface area contributed by atoms with Crippen LogP contribution in [0.15, 0.2) is 0 Å². The SMILES string of the molecule is CCC1CC(C(=O)NCCNC(=O)CCCO)C[C@@H](O[C@@H]2OC(CO)[C@H](O)C(O[C@@H](CC3CCCCC3)C(=O)O)C2NC(C)=O)C1O[C@@H]1OC(C)[C@@H](O)C(O)C1O. The zero-order valence-corrected chi connectivity index (χ0v) is 33.1. The van der Waals surface area contributed by atoms with Crippen molar-refractivity contribution < 1.29 is 78.6 Å². The average Bonchev–Trinajstić information content (AvgIpc) is 3.19. The van der Waals surface area contributed by atoms with Crippen LogP contribution in [0.5, 0.6) is 0 Å². The van der Waals surface area contributed by atoms with Gasteiger partial charge in [-0.1, -0.05) is 45.4 Å². The van der Waals surface area contributed by atoms with E-state index in [1.165, 1.54) is 13.8 Å². The quantitative estimate of drug-likeness (QED) is 0.0658. The van der Waals surface area contributed by atoms with Gasteiger partial charge in [0.1, 0.15) is 42.7 Å². The first-order chi connectivity index (χ1) is 27.2. The van der Waals surface area contributed by atoms with E-state index >= 15 is 0 Å². The Labute approximate surface area is 333 Å². The molecule has 4 aliphatic rings. The number of aliphatic hydroxyl groups is 6. The lowest BCUT2D eigenvalue weighted by molar-refractivity contribution is -0.338. The first-order valence-electron chi connectivity index (χ1n) is 20.4. The fourth-order valence-electron chi connectivity index (χ4n) is 8.44. The third-order valence-electron chi connectivity index (χ3n) is 11.6. The monoisotopic (exact) mass is 819 g/mol. The minimum Gasteiger partial charge on any atom is -0.479 e. The average molecular weight is 820 g/mol. The fourth-order valence-corrected chi connectivity index (χ4v) is 8.44. The summed E-state index contributed by atoms with van der Waals surface area (Å²) in [6, 6.07) is -1.31. The maximum absolute atomic E-state index is 13.6. The normalized spacial score (nSPS) is 36.9. The van der Waals surface area contributed by atoms with Crippen LogP contribution in [0.25, 0.3) is 0 Å². The Balaban J connectivity index is 1.62. The number of amides is 3. The van der Waals surface area contributed by atoms with E-state index < -0.39 is 110 Å². The van der Waals surface area contributed by atoms with Crippen molar-refractivity contribution in [2.75, 3.05) is 26.3 Å². The molecule has 10 N–H and O–H groups in total. The Morgan fingerprint density at radius 2 is 1.54 bits per heavy atom. The molecule has 0 aromatic rings. The van der Waals surface area contributed by atoms with Crippen LogP contribution in [0.3, 0.4) is 0 Å². The molecule has 2 saturated heterocycles. The number of carbonyl (C=O) groups is 4.